The van der Waals surface area contributed by atoms with Gasteiger partial charge in [-0.3, -0.25) is 15.6 Å². The molecule has 0 rings (SSSR count). The van der Waals surface area contributed by atoms with E-state index in [4.69, 9.17) is 27.4 Å². The van der Waals surface area contributed by atoms with Crippen LogP contribution in [0.15, 0.2) is 0 Å². The number of rotatable bonds is 5. The fourth-order valence-electron chi connectivity index (χ4n) is 0.669. The molecule has 0 saturated heterocycles. The molecule has 0 spiro atoms. The van der Waals surface area contributed by atoms with E-state index in [1.54, 1.807) is 0 Å². The van der Waals surface area contributed by atoms with E-state index in [1.165, 1.54) is 0 Å². The third-order valence-corrected chi connectivity index (χ3v) is 1.32. The number of nitrogens with one attached hydrogen (secondary N) is 3. The molecular weight excluding hydrogens is 237 g/mol. The summed E-state index contributed by atoms with van der Waals surface area (Å²) >= 11 is 0. The van der Waals surface area contributed by atoms with Gasteiger partial charge >= 0.3 is 35.5 Å². The van der Waals surface area contributed by atoms with Gasteiger partial charge in [-0.2, -0.15) is 0 Å². The SMILES string of the molecule is N=C(N)N.N=C(N)NCCCC(N)C(=O)O.[NaH]. The van der Waals surface area contributed by atoms with E-state index in [0.717, 1.165) is 0 Å². The molecule has 1 atom stereocenters. The van der Waals surface area contributed by atoms with Crippen LogP contribution < -0.4 is 28.3 Å². The average Bonchev–Trinajstić information content (AvgIpc) is 2.10. The zero-order chi connectivity index (χ0) is 13.1. The Balaban J connectivity index is -0.000000340. The van der Waals surface area contributed by atoms with Gasteiger partial charge < -0.3 is 33.4 Å². The van der Waals surface area contributed by atoms with Crippen molar-refractivity contribution in [3.8, 4) is 0 Å². The number of guanidine groups is 2. The molecule has 0 aromatic carbocycles. The van der Waals surface area contributed by atoms with Gasteiger partial charge in [0.25, 0.3) is 0 Å². The van der Waals surface area contributed by atoms with Crippen LogP contribution in [0, 0.1) is 10.8 Å². The molecule has 0 saturated carbocycles. The van der Waals surface area contributed by atoms with Gasteiger partial charge in [0.05, 0.1) is 0 Å². The average molecular weight is 257 g/mol. The van der Waals surface area contributed by atoms with Crippen molar-refractivity contribution in [3.63, 3.8) is 0 Å². The summed E-state index contributed by atoms with van der Waals surface area (Å²) in [7, 11) is 0. The molecule has 0 heterocycles. The molecule has 9 nitrogen and oxygen atoms in total. The number of carbonyl (C=O) groups is 1. The second-order valence-electron chi connectivity index (χ2n) is 2.88. The molecule has 0 aromatic rings. The molecule has 1 unspecified atom stereocenters. The summed E-state index contributed by atoms with van der Waals surface area (Å²) in [6.45, 7) is 0.482. The van der Waals surface area contributed by atoms with Crippen LogP contribution in [0.5, 0.6) is 0 Å². The minimum atomic E-state index is -1.00. The summed E-state index contributed by atoms with van der Waals surface area (Å²) in [5, 5.41) is 23.8. The molecule has 0 aliphatic heterocycles. The second kappa shape index (κ2) is 13.0. The molecule has 12 N–H and O–H groups in total. The van der Waals surface area contributed by atoms with Gasteiger partial charge in [0, 0.05) is 6.54 Å². The molecule has 0 aliphatic carbocycles. The van der Waals surface area contributed by atoms with Crippen LogP contribution in [0.1, 0.15) is 12.8 Å². The Labute approximate surface area is 122 Å². The molecule has 0 radical (unpaired) electrons. The molecule has 0 aromatic heterocycles. The van der Waals surface area contributed by atoms with Gasteiger partial charge in [0.2, 0.25) is 0 Å². The van der Waals surface area contributed by atoms with Gasteiger partial charge in [0.15, 0.2) is 11.9 Å². The molecule has 0 fully saturated rings. The maximum atomic E-state index is 10.2. The number of hydrogen-bond acceptors (Lipinski definition) is 4. The van der Waals surface area contributed by atoms with Crippen molar-refractivity contribution in [2.24, 2.45) is 22.9 Å². The van der Waals surface area contributed by atoms with E-state index in [-0.39, 0.29) is 41.5 Å². The van der Waals surface area contributed by atoms with Gasteiger partial charge in [-0.05, 0) is 12.8 Å². The van der Waals surface area contributed by atoms with Crippen LogP contribution >= 0.6 is 0 Å². The van der Waals surface area contributed by atoms with Crippen LogP contribution in [-0.2, 0) is 4.79 Å². The Morgan fingerprint density at radius 2 is 1.71 bits per heavy atom. The van der Waals surface area contributed by atoms with Crippen LogP contribution in [-0.4, -0.2) is 65.1 Å². The Morgan fingerprint density at radius 1 is 1.29 bits per heavy atom. The fourth-order valence-corrected chi connectivity index (χ4v) is 0.669. The normalized spacial score (nSPS) is 9.94. The number of carboxylic acids is 1. The predicted molar refractivity (Wildman–Crippen MR) is 68.0 cm³/mol. The van der Waals surface area contributed by atoms with Crippen molar-refractivity contribution in [3.05, 3.63) is 0 Å². The summed E-state index contributed by atoms with van der Waals surface area (Å²) in [5.41, 5.74) is 19.2. The van der Waals surface area contributed by atoms with E-state index in [0.29, 0.717) is 19.4 Å². The third-order valence-electron chi connectivity index (χ3n) is 1.32. The van der Waals surface area contributed by atoms with Crippen LogP contribution in [0.4, 0.5) is 0 Å². The van der Waals surface area contributed by atoms with E-state index < -0.39 is 12.0 Å². The minimum absolute atomic E-state index is 0. The van der Waals surface area contributed by atoms with Crippen molar-refractivity contribution in [2.45, 2.75) is 18.9 Å². The first-order chi connectivity index (χ1) is 7.27. The third kappa shape index (κ3) is 25.3. The van der Waals surface area contributed by atoms with Gasteiger partial charge in [0.1, 0.15) is 6.04 Å². The summed E-state index contributed by atoms with van der Waals surface area (Å²) in [6.07, 6.45) is 0.975. The predicted octanol–water partition coefficient (Wildman–Crippen LogP) is -3.15. The molecule has 96 valence electrons. The van der Waals surface area contributed by atoms with E-state index in [9.17, 15) is 4.79 Å². The zero-order valence-electron chi connectivity index (χ0n) is 8.86. The molecular formula is C7H20N7NaO2. The molecule has 0 aliphatic rings. The summed E-state index contributed by atoms with van der Waals surface area (Å²) < 4.78 is 0. The Kier molecular flexibility index (Phi) is 16.3. The Morgan fingerprint density at radius 3 is 2.00 bits per heavy atom. The first-order valence-electron chi connectivity index (χ1n) is 4.43. The Hall–Kier alpha value is -1.03. The second-order valence-corrected chi connectivity index (χ2v) is 2.88. The zero-order valence-corrected chi connectivity index (χ0v) is 8.86. The van der Waals surface area contributed by atoms with Gasteiger partial charge in [-0.25, -0.2) is 0 Å². The Bertz CT molecular complexity index is 244. The first-order valence-corrected chi connectivity index (χ1v) is 4.43. The quantitative estimate of drug-likeness (QED) is 0.110. The monoisotopic (exact) mass is 257 g/mol. The molecule has 0 amide bonds. The fraction of sp³-hybridized carbons (Fsp3) is 0.571. The molecule has 17 heavy (non-hydrogen) atoms. The van der Waals surface area contributed by atoms with Crippen molar-refractivity contribution in [1.82, 2.24) is 5.32 Å². The van der Waals surface area contributed by atoms with E-state index in [2.05, 4.69) is 16.8 Å². The topological polar surface area (TPSA) is 201 Å². The van der Waals surface area contributed by atoms with Crippen molar-refractivity contribution >= 4 is 47.4 Å². The van der Waals surface area contributed by atoms with E-state index >= 15 is 0 Å². The standard InChI is InChI=1S/C6H14N4O2.CH5N3.Na.H/c7-4(5(11)12)2-1-3-10-6(8)9;2-1(3)4;;/h4H,1-3,7H2,(H,11,12)(H4,8,9,10);(H5,2,3,4);;. The number of carboxylic acid groups (broad SMARTS) is 1. The summed E-state index contributed by atoms with van der Waals surface area (Å²) in [5.74, 6) is -1.45. The van der Waals surface area contributed by atoms with Crippen molar-refractivity contribution in [2.75, 3.05) is 6.54 Å². The van der Waals surface area contributed by atoms with Crippen LogP contribution in [0.3, 0.4) is 0 Å². The number of aliphatic carboxylic acids is 1. The van der Waals surface area contributed by atoms with Gasteiger partial charge in [-0.1, -0.05) is 0 Å². The maximum absolute atomic E-state index is 10.2. The van der Waals surface area contributed by atoms with Gasteiger partial charge in [-0.15, -0.1) is 0 Å². The number of hydrogen-bond donors (Lipinski definition) is 8. The van der Waals surface area contributed by atoms with Crippen molar-refractivity contribution in [1.29, 1.82) is 10.8 Å². The van der Waals surface area contributed by atoms with Crippen molar-refractivity contribution < 1.29 is 9.90 Å². The van der Waals surface area contributed by atoms with Crippen LogP contribution in [0.25, 0.3) is 0 Å². The van der Waals surface area contributed by atoms with Crippen LogP contribution in [0.2, 0.25) is 0 Å². The molecule has 0 bridgehead atoms. The summed E-state index contributed by atoms with van der Waals surface area (Å²) in [4.78, 5) is 10.2. The summed E-state index contributed by atoms with van der Waals surface area (Å²) in [6, 6.07) is -0.821. The first kappa shape index (κ1) is 21.3. The molecule has 10 heteroatoms. The number of nitrogens with two attached hydrogens (primary N) is 4. The van der Waals surface area contributed by atoms with E-state index in [1.807, 2.05) is 0 Å².